The molecule has 0 aromatic heterocycles. The van der Waals surface area contributed by atoms with Gasteiger partial charge in [-0.15, -0.1) is 0 Å². The Hall–Kier alpha value is -0.610. The van der Waals surface area contributed by atoms with E-state index < -0.39 is 0 Å². The third-order valence-electron chi connectivity index (χ3n) is 3.03. The van der Waals surface area contributed by atoms with Crippen molar-refractivity contribution < 1.29 is 0 Å². The van der Waals surface area contributed by atoms with Crippen LogP contribution in [0.3, 0.4) is 0 Å². The number of rotatable bonds is 5. The van der Waals surface area contributed by atoms with Gasteiger partial charge in [-0.3, -0.25) is 5.41 Å². The largest absolute Gasteiger partial charge is 0.388 e. The molecule has 0 radical (unpaired) electrons. The van der Waals surface area contributed by atoms with Crippen molar-refractivity contribution in [3.8, 4) is 0 Å². The molecule has 1 aliphatic rings. The second-order valence-corrected chi connectivity index (χ2v) is 4.82. The second kappa shape index (κ2) is 6.08. The van der Waals surface area contributed by atoms with Gasteiger partial charge in [-0.25, -0.2) is 0 Å². The van der Waals surface area contributed by atoms with Crippen LogP contribution in [-0.4, -0.2) is 55.9 Å². The van der Waals surface area contributed by atoms with Crippen LogP contribution in [0.2, 0.25) is 0 Å². The molecule has 0 aromatic carbocycles. The standard InChI is InChI=1S/C11H24N4/c1-14(2)9-10-3-6-15(7-4-10)8-5-11(12)13/h10H,3-9H2,1-2H3,(H3,12,13). The third kappa shape index (κ3) is 5.14. The summed E-state index contributed by atoms with van der Waals surface area (Å²) in [6, 6.07) is 0. The van der Waals surface area contributed by atoms with Gasteiger partial charge in [0.15, 0.2) is 0 Å². The molecule has 0 atom stereocenters. The third-order valence-corrected chi connectivity index (χ3v) is 3.03. The average molecular weight is 212 g/mol. The van der Waals surface area contributed by atoms with Gasteiger partial charge in [-0.2, -0.15) is 0 Å². The number of hydrogen-bond acceptors (Lipinski definition) is 3. The van der Waals surface area contributed by atoms with Crippen LogP contribution >= 0.6 is 0 Å². The molecule has 4 nitrogen and oxygen atoms in total. The molecule has 1 rings (SSSR count). The Morgan fingerprint density at radius 1 is 1.40 bits per heavy atom. The van der Waals surface area contributed by atoms with E-state index in [0.717, 1.165) is 18.9 Å². The van der Waals surface area contributed by atoms with Crippen molar-refractivity contribution in [2.24, 2.45) is 11.7 Å². The average Bonchev–Trinajstić information content (AvgIpc) is 2.16. The summed E-state index contributed by atoms with van der Waals surface area (Å²) in [7, 11) is 4.28. The molecule has 1 saturated heterocycles. The lowest BCUT2D eigenvalue weighted by molar-refractivity contribution is 0.166. The Morgan fingerprint density at radius 3 is 2.47 bits per heavy atom. The summed E-state index contributed by atoms with van der Waals surface area (Å²) in [4.78, 5) is 4.70. The summed E-state index contributed by atoms with van der Waals surface area (Å²) in [5.41, 5.74) is 5.35. The van der Waals surface area contributed by atoms with Gasteiger partial charge in [0.05, 0.1) is 5.84 Å². The molecule has 0 aromatic rings. The quantitative estimate of drug-likeness (QED) is 0.518. The van der Waals surface area contributed by atoms with Gasteiger partial charge in [0.1, 0.15) is 0 Å². The maximum absolute atomic E-state index is 7.19. The van der Waals surface area contributed by atoms with Crippen LogP contribution in [0.15, 0.2) is 0 Å². The number of likely N-dealkylation sites (tertiary alicyclic amines) is 1. The van der Waals surface area contributed by atoms with Gasteiger partial charge in [0.25, 0.3) is 0 Å². The minimum Gasteiger partial charge on any atom is -0.388 e. The molecule has 0 aliphatic carbocycles. The highest BCUT2D eigenvalue weighted by Gasteiger charge is 2.19. The molecule has 0 bridgehead atoms. The molecular formula is C11H24N4. The first kappa shape index (κ1) is 12.5. The highest BCUT2D eigenvalue weighted by molar-refractivity contribution is 5.76. The van der Waals surface area contributed by atoms with Gasteiger partial charge >= 0.3 is 0 Å². The molecule has 1 aliphatic heterocycles. The lowest BCUT2D eigenvalue weighted by atomic mass is 9.96. The summed E-state index contributed by atoms with van der Waals surface area (Å²) < 4.78 is 0. The van der Waals surface area contributed by atoms with Crippen molar-refractivity contribution in [3.63, 3.8) is 0 Å². The SMILES string of the molecule is CN(C)CC1CCN(CCC(=N)N)CC1. The number of nitrogens with one attached hydrogen (secondary N) is 1. The monoisotopic (exact) mass is 212 g/mol. The van der Waals surface area contributed by atoms with Crippen LogP contribution in [0, 0.1) is 11.3 Å². The van der Waals surface area contributed by atoms with E-state index in [4.69, 9.17) is 11.1 Å². The van der Waals surface area contributed by atoms with E-state index in [1.54, 1.807) is 0 Å². The van der Waals surface area contributed by atoms with Crippen molar-refractivity contribution in [2.75, 3.05) is 40.3 Å². The summed E-state index contributed by atoms with van der Waals surface area (Å²) in [5, 5.41) is 7.19. The maximum Gasteiger partial charge on any atom is 0.0918 e. The predicted molar refractivity (Wildman–Crippen MR) is 64.2 cm³/mol. The zero-order valence-electron chi connectivity index (χ0n) is 10.00. The fraction of sp³-hybridized carbons (Fsp3) is 0.909. The van der Waals surface area contributed by atoms with Gasteiger partial charge in [-0.05, 0) is 45.9 Å². The number of amidine groups is 1. The zero-order valence-corrected chi connectivity index (χ0v) is 10.00. The number of nitrogens with two attached hydrogens (primary N) is 1. The molecule has 0 saturated carbocycles. The molecular weight excluding hydrogens is 188 g/mol. The number of hydrogen-bond donors (Lipinski definition) is 2. The fourth-order valence-electron chi connectivity index (χ4n) is 2.19. The van der Waals surface area contributed by atoms with Crippen molar-refractivity contribution in [3.05, 3.63) is 0 Å². The maximum atomic E-state index is 7.19. The van der Waals surface area contributed by atoms with Crippen molar-refractivity contribution in [1.82, 2.24) is 9.80 Å². The first-order valence-electron chi connectivity index (χ1n) is 5.78. The van der Waals surface area contributed by atoms with Crippen molar-refractivity contribution >= 4 is 5.84 Å². The number of nitrogens with zero attached hydrogens (tertiary/aromatic N) is 2. The minimum absolute atomic E-state index is 0.311. The van der Waals surface area contributed by atoms with E-state index in [-0.39, 0.29) is 0 Å². The van der Waals surface area contributed by atoms with Crippen molar-refractivity contribution in [1.29, 1.82) is 5.41 Å². The molecule has 3 N–H and O–H groups in total. The van der Waals surface area contributed by atoms with Crippen LogP contribution < -0.4 is 5.73 Å². The minimum atomic E-state index is 0.311. The lowest BCUT2D eigenvalue weighted by Crippen LogP contribution is -2.38. The van der Waals surface area contributed by atoms with Crippen LogP contribution in [0.5, 0.6) is 0 Å². The van der Waals surface area contributed by atoms with Gasteiger partial charge in [0.2, 0.25) is 0 Å². The molecule has 1 fully saturated rings. The first-order chi connectivity index (χ1) is 7.08. The van der Waals surface area contributed by atoms with E-state index in [2.05, 4.69) is 23.9 Å². The summed E-state index contributed by atoms with van der Waals surface area (Å²) in [6.45, 7) is 4.52. The first-order valence-corrected chi connectivity index (χ1v) is 5.78. The fourth-order valence-corrected chi connectivity index (χ4v) is 2.19. The second-order valence-electron chi connectivity index (χ2n) is 4.82. The molecule has 1 heterocycles. The lowest BCUT2D eigenvalue weighted by Gasteiger charge is -2.33. The van der Waals surface area contributed by atoms with E-state index in [0.29, 0.717) is 5.84 Å². The number of piperidine rings is 1. The highest BCUT2D eigenvalue weighted by atomic mass is 15.1. The topological polar surface area (TPSA) is 56.4 Å². The predicted octanol–water partition coefficient (Wildman–Crippen LogP) is 0.586. The molecule has 15 heavy (non-hydrogen) atoms. The van der Waals surface area contributed by atoms with Crippen LogP contribution in [0.1, 0.15) is 19.3 Å². The Morgan fingerprint density at radius 2 is 2.00 bits per heavy atom. The highest BCUT2D eigenvalue weighted by Crippen LogP contribution is 2.17. The Balaban J connectivity index is 2.15. The van der Waals surface area contributed by atoms with Gasteiger partial charge in [-0.1, -0.05) is 0 Å². The smallest absolute Gasteiger partial charge is 0.0918 e. The van der Waals surface area contributed by atoms with E-state index in [1.165, 1.54) is 32.5 Å². The van der Waals surface area contributed by atoms with Crippen molar-refractivity contribution in [2.45, 2.75) is 19.3 Å². The van der Waals surface area contributed by atoms with E-state index >= 15 is 0 Å². The summed E-state index contributed by atoms with van der Waals surface area (Å²) >= 11 is 0. The molecule has 4 heteroatoms. The van der Waals surface area contributed by atoms with Crippen LogP contribution in [0.4, 0.5) is 0 Å². The molecule has 88 valence electrons. The molecule has 0 amide bonds. The van der Waals surface area contributed by atoms with Crippen LogP contribution in [-0.2, 0) is 0 Å². The Bertz CT molecular complexity index is 195. The zero-order chi connectivity index (χ0) is 11.3. The van der Waals surface area contributed by atoms with E-state index in [9.17, 15) is 0 Å². The van der Waals surface area contributed by atoms with Gasteiger partial charge in [0, 0.05) is 19.5 Å². The molecule has 0 spiro atoms. The van der Waals surface area contributed by atoms with E-state index in [1.807, 2.05) is 0 Å². The normalized spacial score (nSPS) is 19.7. The molecule has 0 unspecified atom stereocenters. The Labute approximate surface area is 92.9 Å². The summed E-state index contributed by atoms with van der Waals surface area (Å²) in [6.07, 6.45) is 3.30. The Kier molecular flexibility index (Phi) is 5.05. The summed E-state index contributed by atoms with van der Waals surface area (Å²) in [5.74, 6) is 1.17. The van der Waals surface area contributed by atoms with Crippen LogP contribution in [0.25, 0.3) is 0 Å². The van der Waals surface area contributed by atoms with Gasteiger partial charge < -0.3 is 15.5 Å².